The summed E-state index contributed by atoms with van der Waals surface area (Å²) in [5.74, 6) is 1.05. The predicted octanol–water partition coefficient (Wildman–Crippen LogP) is 2.32. The molecule has 0 saturated carbocycles. The molecule has 1 amide bonds. The predicted molar refractivity (Wildman–Crippen MR) is 79.6 cm³/mol. The maximum Gasteiger partial charge on any atom is 0.241 e. The van der Waals surface area contributed by atoms with Crippen LogP contribution in [0.5, 0.6) is 11.5 Å². The largest absolute Gasteiger partial charge is 0.454 e. The molecule has 5 nitrogen and oxygen atoms in total. The van der Waals surface area contributed by atoms with Crippen LogP contribution in [0, 0.1) is 13.8 Å². The number of nitrogens with two attached hydrogens (primary N) is 1. The molecule has 3 rings (SSSR count). The average Bonchev–Trinajstić information content (AvgIpc) is 3.00. The molecule has 0 fully saturated rings. The highest BCUT2D eigenvalue weighted by Crippen LogP contribution is 2.34. The Hall–Kier alpha value is -2.69. The van der Waals surface area contributed by atoms with E-state index in [0.29, 0.717) is 0 Å². The van der Waals surface area contributed by atoms with E-state index in [1.54, 1.807) is 6.08 Å². The van der Waals surface area contributed by atoms with Crippen molar-refractivity contribution < 1.29 is 14.3 Å². The van der Waals surface area contributed by atoms with Crippen LogP contribution in [0.2, 0.25) is 0 Å². The summed E-state index contributed by atoms with van der Waals surface area (Å²) in [6.45, 7) is 4.27. The summed E-state index contributed by atoms with van der Waals surface area (Å²) in [4.78, 5) is 10.9. The first-order valence-electron chi connectivity index (χ1n) is 6.63. The summed E-state index contributed by atoms with van der Waals surface area (Å²) in [5, 5.41) is 0. The second kappa shape index (κ2) is 5.01. The minimum absolute atomic E-state index is 0.259. The molecule has 0 unspecified atom stereocenters. The van der Waals surface area contributed by atoms with E-state index >= 15 is 0 Å². The first kappa shape index (κ1) is 13.3. The van der Waals surface area contributed by atoms with Crippen molar-refractivity contribution in [2.24, 2.45) is 5.73 Å². The van der Waals surface area contributed by atoms with Gasteiger partial charge in [0.05, 0.1) is 0 Å². The highest BCUT2D eigenvalue weighted by Gasteiger charge is 2.16. The van der Waals surface area contributed by atoms with Crippen LogP contribution in [0.4, 0.5) is 0 Å². The van der Waals surface area contributed by atoms with Gasteiger partial charge in [0.15, 0.2) is 11.5 Å². The summed E-state index contributed by atoms with van der Waals surface area (Å²) in [5.41, 5.74) is 9.20. The number of carbonyl (C=O) groups is 1. The smallest absolute Gasteiger partial charge is 0.241 e. The Kier molecular flexibility index (Phi) is 3.17. The van der Waals surface area contributed by atoms with E-state index in [-0.39, 0.29) is 6.79 Å². The molecule has 1 aromatic heterocycles. The summed E-state index contributed by atoms with van der Waals surface area (Å²) < 4.78 is 12.8. The molecule has 21 heavy (non-hydrogen) atoms. The van der Waals surface area contributed by atoms with Gasteiger partial charge in [0.25, 0.3) is 0 Å². The Balaban J connectivity index is 2.04. The van der Waals surface area contributed by atoms with E-state index in [1.165, 1.54) is 6.08 Å². The number of hydrogen-bond acceptors (Lipinski definition) is 3. The lowest BCUT2D eigenvalue weighted by Gasteiger charge is -2.10. The first-order valence-corrected chi connectivity index (χ1v) is 6.63. The van der Waals surface area contributed by atoms with Crippen LogP contribution in [-0.4, -0.2) is 17.3 Å². The molecule has 0 bridgehead atoms. The van der Waals surface area contributed by atoms with Crippen molar-refractivity contribution in [2.75, 3.05) is 6.79 Å². The molecule has 0 aliphatic carbocycles. The fraction of sp³-hybridized carbons (Fsp3) is 0.188. The van der Waals surface area contributed by atoms with Gasteiger partial charge in [0.1, 0.15) is 0 Å². The highest BCUT2D eigenvalue weighted by molar-refractivity contribution is 5.90. The quantitative estimate of drug-likeness (QED) is 0.880. The van der Waals surface area contributed by atoms with Crippen LogP contribution in [0.25, 0.3) is 11.8 Å². The van der Waals surface area contributed by atoms with Crippen molar-refractivity contribution in [3.05, 3.63) is 47.3 Å². The van der Waals surface area contributed by atoms with Crippen molar-refractivity contribution in [2.45, 2.75) is 13.8 Å². The Bertz CT molecular complexity index is 744. The molecule has 2 heterocycles. The van der Waals surface area contributed by atoms with Gasteiger partial charge >= 0.3 is 0 Å². The van der Waals surface area contributed by atoms with E-state index in [1.807, 2.05) is 38.1 Å². The number of rotatable bonds is 3. The fourth-order valence-corrected chi connectivity index (χ4v) is 2.55. The third kappa shape index (κ3) is 2.38. The Labute approximate surface area is 122 Å². The molecule has 1 aromatic carbocycles. The van der Waals surface area contributed by atoms with Gasteiger partial charge in [-0.2, -0.15) is 0 Å². The minimum Gasteiger partial charge on any atom is -0.454 e. The SMILES string of the molecule is Cc1cc(/C=C/C(N)=O)c(C)n1-c1ccc2c(c1)OCO2. The zero-order valence-electron chi connectivity index (χ0n) is 11.9. The molecule has 108 valence electrons. The Morgan fingerprint density at radius 1 is 1.24 bits per heavy atom. The van der Waals surface area contributed by atoms with Crippen LogP contribution in [0.15, 0.2) is 30.3 Å². The number of nitrogens with zero attached hydrogens (tertiary/aromatic N) is 1. The van der Waals surface area contributed by atoms with Gasteiger partial charge < -0.3 is 19.8 Å². The lowest BCUT2D eigenvalue weighted by Crippen LogP contribution is -2.05. The van der Waals surface area contributed by atoms with E-state index < -0.39 is 5.91 Å². The van der Waals surface area contributed by atoms with Crippen molar-refractivity contribution in [1.82, 2.24) is 4.57 Å². The third-order valence-corrected chi connectivity index (χ3v) is 3.51. The molecule has 2 aromatic rings. The zero-order valence-corrected chi connectivity index (χ0v) is 11.9. The van der Waals surface area contributed by atoms with Crippen LogP contribution < -0.4 is 15.2 Å². The lowest BCUT2D eigenvalue weighted by atomic mass is 10.2. The topological polar surface area (TPSA) is 66.5 Å². The Morgan fingerprint density at radius 3 is 2.76 bits per heavy atom. The summed E-state index contributed by atoms with van der Waals surface area (Å²) in [7, 11) is 0. The maximum atomic E-state index is 10.9. The van der Waals surface area contributed by atoms with Gasteiger partial charge in [0, 0.05) is 29.2 Å². The molecule has 0 atom stereocenters. The number of aromatic nitrogens is 1. The summed E-state index contributed by atoms with van der Waals surface area (Å²) in [6.07, 6.45) is 3.10. The molecule has 2 N–H and O–H groups in total. The molecule has 5 heteroatoms. The van der Waals surface area contributed by atoms with Gasteiger partial charge in [-0.25, -0.2) is 0 Å². The molecule has 1 aliphatic heterocycles. The normalized spacial score (nSPS) is 13.0. The zero-order chi connectivity index (χ0) is 15.0. The average molecular weight is 284 g/mol. The molecular weight excluding hydrogens is 268 g/mol. The van der Waals surface area contributed by atoms with Gasteiger partial charge in [-0.05, 0) is 43.7 Å². The maximum absolute atomic E-state index is 10.9. The highest BCUT2D eigenvalue weighted by atomic mass is 16.7. The van der Waals surface area contributed by atoms with Crippen molar-refractivity contribution in [3.63, 3.8) is 0 Å². The monoisotopic (exact) mass is 284 g/mol. The second-order valence-corrected chi connectivity index (χ2v) is 4.94. The van der Waals surface area contributed by atoms with Crippen LogP contribution in [0.3, 0.4) is 0 Å². The number of ether oxygens (including phenoxy) is 2. The van der Waals surface area contributed by atoms with E-state index in [0.717, 1.165) is 34.1 Å². The van der Waals surface area contributed by atoms with E-state index in [2.05, 4.69) is 4.57 Å². The minimum atomic E-state index is -0.456. The number of fused-ring (bicyclic) bond motifs is 1. The molecule has 0 saturated heterocycles. The van der Waals surface area contributed by atoms with E-state index in [4.69, 9.17) is 15.2 Å². The van der Waals surface area contributed by atoms with E-state index in [9.17, 15) is 4.79 Å². The second-order valence-electron chi connectivity index (χ2n) is 4.94. The van der Waals surface area contributed by atoms with Gasteiger partial charge in [-0.1, -0.05) is 0 Å². The van der Waals surface area contributed by atoms with Crippen LogP contribution in [0.1, 0.15) is 17.0 Å². The third-order valence-electron chi connectivity index (χ3n) is 3.51. The number of aryl methyl sites for hydroxylation is 1. The molecule has 0 spiro atoms. The van der Waals surface area contributed by atoms with Gasteiger partial charge in [-0.15, -0.1) is 0 Å². The summed E-state index contributed by atoms with van der Waals surface area (Å²) in [6, 6.07) is 7.84. The van der Waals surface area contributed by atoms with Gasteiger partial charge in [-0.3, -0.25) is 4.79 Å². The lowest BCUT2D eigenvalue weighted by molar-refractivity contribution is -0.113. The number of hydrogen-bond donors (Lipinski definition) is 1. The Morgan fingerprint density at radius 2 is 2.00 bits per heavy atom. The molecule has 1 aliphatic rings. The number of primary amides is 1. The fourth-order valence-electron chi connectivity index (χ4n) is 2.55. The van der Waals surface area contributed by atoms with Crippen molar-refractivity contribution >= 4 is 12.0 Å². The number of amides is 1. The standard InChI is InChI=1S/C16H16N2O3/c1-10-7-12(3-6-16(17)19)11(2)18(10)13-4-5-14-15(8-13)21-9-20-14/h3-8H,9H2,1-2H3,(H2,17,19)/b6-3+. The van der Waals surface area contributed by atoms with Crippen LogP contribution >= 0.6 is 0 Å². The number of benzene rings is 1. The first-order chi connectivity index (χ1) is 10.1. The van der Waals surface area contributed by atoms with Gasteiger partial charge in [0.2, 0.25) is 12.7 Å². The number of carbonyl (C=O) groups excluding carboxylic acids is 1. The van der Waals surface area contributed by atoms with Crippen molar-refractivity contribution in [1.29, 1.82) is 0 Å². The summed E-state index contributed by atoms with van der Waals surface area (Å²) >= 11 is 0. The van der Waals surface area contributed by atoms with Crippen molar-refractivity contribution in [3.8, 4) is 17.2 Å². The molecule has 0 radical (unpaired) electrons. The molecular formula is C16H16N2O3. The van der Waals surface area contributed by atoms with Crippen LogP contribution in [-0.2, 0) is 4.79 Å².